The van der Waals surface area contributed by atoms with Crippen LogP contribution < -0.4 is 9.62 Å². The minimum absolute atomic E-state index is 0.0511. The van der Waals surface area contributed by atoms with Gasteiger partial charge in [0.25, 0.3) is 0 Å². The van der Waals surface area contributed by atoms with Crippen LogP contribution in [0.25, 0.3) is 10.2 Å². The third kappa shape index (κ3) is 10.0. The van der Waals surface area contributed by atoms with E-state index in [1.807, 2.05) is 0 Å². The average Bonchev–Trinajstić information content (AvgIpc) is 3.37. The van der Waals surface area contributed by atoms with Gasteiger partial charge in [-0.3, -0.25) is 4.72 Å². The van der Waals surface area contributed by atoms with Gasteiger partial charge in [0.2, 0.25) is 5.13 Å². The van der Waals surface area contributed by atoms with E-state index in [-0.39, 0.29) is 16.5 Å². The zero-order valence-electron chi connectivity index (χ0n) is 25.1. The molecule has 0 aliphatic rings. The van der Waals surface area contributed by atoms with Crippen molar-refractivity contribution >= 4 is 65.4 Å². The van der Waals surface area contributed by atoms with E-state index in [4.69, 9.17) is 11.6 Å². The smallest absolute Gasteiger partial charge is 0.371 e. The van der Waals surface area contributed by atoms with E-state index in [9.17, 15) is 21.6 Å². The first-order valence-electron chi connectivity index (χ1n) is 14.9. The van der Waals surface area contributed by atoms with E-state index in [0.29, 0.717) is 28.1 Å². The number of hydrogen-bond acceptors (Lipinski definition) is 7. The molecule has 1 aromatic heterocycles. The molecule has 0 aliphatic carbocycles. The Balaban J connectivity index is 2.04. The molecule has 2 aromatic carbocycles. The van der Waals surface area contributed by atoms with Gasteiger partial charge in [0.05, 0.1) is 15.9 Å². The SMILES string of the molecule is CCCCC(CC)CN(CC(CC)CCCC)c1ccc(/N=N/c2nc3ccc(Cl)cc3s2)c(NS(=O)(=O)C(F)(F)F)c1. The highest BCUT2D eigenvalue weighted by Gasteiger charge is 2.46. The van der Waals surface area contributed by atoms with E-state index in [2.05, 4.69) is 47.8 Å². The summed E-state index contributed by atoms with van der Waals surface area (Å²) in [7, 11) is -5.70. The lowest BCUT2D eigenvalue weighted by molar-refractivity contribution is -0.0429. The molecule has 1 heterocycles. The Morgan fingerprint density at radius 2 is 1.58 bits per heavy atom. The van der Waals surface area contributed by atoms with Gasteiger partial charge in [0.15, 0.2) is 0 Å². The third-order valence-corrected chi connectivity index (χ3v) is 9.76. The van der Waals surface area contributed by atoms with Gasteiger partial charge in [-0.15, -0.1) is 10.2 Å². The number of benzene rings is 2. The number of nitrogens with zero attached hydrogens (tertiary/aromatic N) is 4. The zero-order valence-corrected chi connectivity index (χ0v) is 27.5. The summed E-state index contributed by atoms with van der Waals surface area (Å²) in [5.74, 6) is 0.789. The first-order valence-corrected chi connectivity index (χ1v) is 17.5. The van der Waals surface area contributed by atoms with Crippen molar-refractivity contribution < 1.29 is 21.6 Å². The molecule has 0 fully saturated rings. The number of nitrogens with one attached hydrogen (secondary N) is 1. The molecule has 0 saturated heterocycles. The van der Waals surface area contributed by atoms with Crippen molar-refractivity contribution in [3.8, 4) is 0 Å². The molecule has 0 aliphatic heterocycles. The predicted octanol–water partition coefficient (Wildman–Crippen LogP) is 10.9. The van der Waals surface area contributed by atoms with E-state index in [0.717, 1.165) is 69.2 Å². The monoisotopic (exact) mass is 659 g/mol. The van der Waals surface area contributed by atoms with Crippen LogP contribution in [0.5, 0.6) is 0 Å². The molecule has 3 rings (SSSR count). The largest absolute Gasteiger partial charge is 0.516 e. The third-order valence-electron chi connectivity index (χ3n) is 7.52. The van der Waals surface area contributed by atoms with Gasteiger partial charge >= 0.3 is 15.5 Å². The number of sulfonamides is 1. The number of alkyl halides is 3. The van der Waals surface area contributed by atoms with Crippen LogP contribution in [-0.4, -0.2) is 32.0 Å². The zero-order chi connectivity index (χ0) is 31.6. The van der Waals surface area contributed by atoms with E-state index < -0.39 is 15.5 Å². The lowest BCUT2D eigenvalue weighted by Gasteiger charge is -2.33. The first kappa shape index (κ1) is 35.0. The van der Waals surface area contributed by atoms with Crippen LogP contribution in [0, 0.1) is 11.8 Å². The highest BCUT2D eigenvalue weighted by atomic mass is 35.5. The summed E-state index contributed by atoms with van der Waals surface area (Å²) in [6.07, 6.45) is 8.36. The van der Waals surface area contributed by atoms with Crippen LogP contribution in [0.4, 0.5) is 35.4 Å². The fourth-order valence-corrected chi connectivity index (χ4v) is 6.49. The molecule has 43 heavy (non-hydrogen) atoms. The Labute approximate surface area is 262 Å². The van der Waals surface area contributed by atoms with Crippen molar-refractivity contribution in [3.63, 3.8) is 0 Å². The summed E-state index contributed by atoms with van der Waals surface area (Å²) < 4.78 is 67.3. The Bertz CT molecular complexity index is 1450. The van der Waals surface area contributed by atoms with Crippen molar-refractivity contribution in [2.75, 3.05) is 22.7 Å². The summed E-state index contributed by atoms with van der Waals surface area (Å²) in [5.41, 5.74) is -4.56. The van der Waals surface area contributed by atoms with Crippen molar-refractivity contribution in [2.24, 2.45) is 22.1 Å². The number of rotatable bonds is 17. The summed E-state index contributed by atoms with van der Waals surface area (Å²) in [6, 6.07) is 9.87. The molecule has 238 valence electrons. The number of fused-ring (bicyclic) bond motifs is 1. The number of hydrogen-bond donors (Lipinski definition) is 1. The molecular formula is C30H41ClF3N5O2S2. The van der Waals surface area contributed by atoms with Gasteiger partial charge in [-0.25, -0.2) is 4.98 Å². The molecule has 2 unspecified atom stereocenters. The van der Waals surface area contributed by atoms with Crippen molar-refractivity contribution in [1.82, 2.24) is 4.98 Å². The number of thiazole rings is 1. The van der Waals surface area contributed by atoms with Gasteiger partial charge in [-0.1, -0.05) is 89.2 Å². The topological polar surface area (TPSA) is 87.0 Å². The van der Waals surface area contributed by atoms with Crippen LogP contribution in [0.1, 0.15) is 79.1 Å². The first-order chi connectivity index (χ1) is 20.4. The molecule has 1 N–H and O–H groups in total. The molecule has 13 heteroatoms. The van der Waals surface area contributed by atoms with Crippen molar-refractivity contribution in [1.29, 1.82) is 0 Å². The second-order valence-electron chi connectivity index (χ2n) is 10.8. The average molecular weight is 660 g/mol. The minimum Gasteiger partial charge on any atom is -0.371 e. The fraction of sp³-hybridized carbons (Fsp3) is 0.567. The predicted molar refractivity (Wildman–Crippen MR) is 173 cm³/mol. The van der Waals surface area contributed by atoms with Crippen LogP contribution in [0.3, 0.4) is 0 Å². The lowest BCUT2D eigenvalue weighted by atomic mass is 9.95. The van der Waals surface area contributed by atoms with Crippen molar-refractivity contribution in [3.05, 3.63) is 41.4 Å². The number of aromatic nitrogens is 1. The Morgan fingerprint density at radius 3 is 2.14 bits per heavy atom. The normalized spacial score (nSPS) is 14.0. The maximum atomic E-state index is 13.4. The second-order valence-corrected chi connectivity index (χ2v) is 13.9. The molecule has 0 amide bonds. The van der Waals surface area contributed by atoms with Gasteiger partial charge in [-0.2, -0.15) is 21.6 Å². The van der Waals surface area contributed by atoms with Crippen LogP contribution in [-0.2, 0) is 10.0 Å². The van der Waals surface area contributed by atoms with Crippen molar-refractivity contribution in [2.45, 2.75) is 84.6 Å². The van der Waals surface area contributed by atoms with Gasteiger partial charge in [0.1, 0.15) is 5.69 Å². The summed E-state index contributed by atoms with van der Waals surface area (Å²) in [4.78, 5) is 6.56. The standard InChI is InChI=1S/C30H41ClF3N5O2S2/c1-5-9-11-21(7-3)19-39(20-22(8-4)12-10-6-2)24-14-16-25(27(18-24)38-43(40,41)30(32,33)34)36-37-29-35-26-15-13-23(31)17-28(26)42-29/h13-18,21-22,38H,5-12,19-20H2,1-4H3/b37-36+. The maximum Gasteiger partial charge on any atom is 0.516 e. The van der Waals surface area contributed by atoms with Gasteiger partial charge < -0.3 is 4.90 Å². The maximum absolute atomic E-state index is 13.4. The quantitative estimate of drug-likeness (QED) is 0.146. The summed E-state index contributed by atoms with van der Waals surface area (Å²) in [5, 5.41) is 9.04. The van der Waals surface area contributed by atoms with Crippen LogP contribution >= 0.6 is 22.9 Å². The molecule has 7 nitrogen and oxygen atoms in total. The minimum atomic E-state index is -5.70. The summed E-state index contributed by atoms with van der Waals surface area (Å²) in [6.45, 7) is 10.0. The molecular weight excluding hydrogens is 619 g/mol. The van der Waals surface area contributed by atoms with E-state index in [1.165, 1.54) is 23.5 Å². The molecule has 0 saturated carbocycles. The highest BCUT2D eigenvalue weighted by Crippen LogP contribution is 2.37. The van der Waals surface area contributed by atoms with Gasteiger partial charge in [-0.05, 0) is 61.1 Å². The second kappa shape index (κ2) is 16.0. The molecule has 0 bridgehead atoms. The molecule has 2 atom stereocenters. The number of anilines is 2. The number of unbranched alkanes of at least 4 members (excludes halogenated alkanes) is 2. The number of halogens is 4. The molecule has 0 radical (unpaired) electrons. The Hall–Kier alpha value is -2.44. The van der Waals surface area contributed by atoms with Crippen LogP contribution in [0.15, 0.2) is 46.6 Å². The number of azo groups is 1. The van der Waals surface area contributed by atoms with Gasteiger partial charge in [0, 0.05) is 23.8 Å². The van der Waals surface area contributed by atoms with Crippen LogP contribution in [0.2, 0.25) is 5.02 Å². The highest BCUT2D eigenvalue weighted by molar-refractivity contribution is 7.93. The molecule has 3 aromatic rings. The van der Waals surface area contributed by atoms with E-state index in [1.54, 1.807) is 29.0 Å². The summed E-state index contributed by atoms with van der Waals surface area (Å²) >= 11 is 7.27. The Kier molecular flexibility index (Phi) is 13.1. The lowest BCUT2D eigenvalue weighted by Crippen LogP contribution is -2.34. The fourth-order valence-electron chi connectivity index (χ4n) is 4.86. The Morgan fingerprint density at radius 1 is 0.953 bits per heavy atom. The molecule has 0 spiro atoms. The van der Waals surface area contributed by atoms with E-state index >= 15 is 0 Å².